The Morgan fingerprint density at radius 2 is 1.87 bits per heavy atom. The number of amides is 1. The van der Waals surface area contributed by atoms with Crippen molar-refractivity contribution < 1.29 is 15.0 Å². The first-order chi connectivity index (χ1) is 6.92. The predicted molar refractivity (Wildman–Crippen MR) is 58.5 cm³/mol. The fourth-order valence-corrected chi connectivity index (χ4v) is 1.38. The van der Waals surface area contributed by atoms with Gasteiger partial charge in [0.1, 0.15) is 0 Å². The summed E-state index contributed by atoms with van der Waals surface area (Å²) in [5, 5.41) is 21.4. The van der Waals surface area contributed by atoms with Crippen LogP contribution in [0.15, 0.2) is 0 Å². The van der Waals surface area contributed by atoms with E-state index in [0.29, 0.717) is 6.42 Å². The second kappa shape index (κ2) is 6.05. The molecule has 0 spiro atoms. The highest BCUT2D eigenvalue weighted by Crippen LogP contribution is 2.10. The molecular formula is C10H22N2O3. The Labute approximate surface area is 91.1 Å². The van der Waals surface area contributed by atoms with E-state index in [4.69, 9.17) is 0 Å². The summed E-state index contributed by atoms with van der Waals surface area (Å²) in [6.45, 7) is 3.19. The van der Waals surface area contributed by atoms with Gasteiger partial charge in [-0.2, -0.15) is 0 Å². The highest BCUT2D eigenvalue weighted by Gasteiger charge is 2.30. The average Bonchev–Trinajstić information content (AvgIpc) is 2.24. The van der Waals surface area contributed by atoms with E-state index in [-0.39, 0.29) is 19.1 Å². The van der Waals surface area contributed by atoms with E-state index in [2.05, 4.69) is 5.32 Å². The normalized spacial score (nSPS) is 13.7. The molecule has 0 aromatic rings. The van der Waals surface area contributed by atoms with E-state index in [0.717, 1.165) is 0 Å². The van der Waals surface area contributed by atoms with Crippen molar-refractivity contribution in [2.75, 3.05) is 27.3 Å². The van der Waals surface area contributed by atoms with Crippen molar-refractivity contribution in [2.45, 2.75) is 31.8 Å². The lowest BCUT2D eigenvalue weighted by molar-refractivity contribution is -0.131. The highest BCUT2D eigenvalue weighted by molar-refractivity contribution is 5.81. The predicted octanol–water partition coefficient (Wildman–Crippen LogP) is -0.814. The summed E-state index contributed by atoms with van der Waals surface area (Å²) >= 11 is 0. The Balaban J connectivity index is 4.48. The van der Waals surface area contributed by atoms with Crippen LogP contribution in [-0.2, 0) is 4.79 Å². The average molecular weight is 218 g/mol. The van der Waals surface area contributed by atoms with Gasteiger partial charge in [0.05, 0.1) is 24.8 Å². The molecule has 0 aliphatic heterocycles. The minimum atomic E-state index is -0.773. The number of nitrogens with one attached hydrogen (secondary N) is 1. The highest BCUT2D eigenvalue weighted by atomic mass is 16.3. The van der Waals surface area contributed by atoms with Crippen LogP contribution in [0.4, 0.5) is 0 Å². The molecule has 15 heavy (non-hydrogen) atoms. The second-order valence-electron chi connectivity index (χ2n) is 4.05. The maximum Gasteiger partial charge on any atom is 0.238 e. The lowest BCUT2D eigenvalue weighted by Gasteiger charge is -2.33. The van der Waals surface area contributed by atoms with E-state index in [1.807, 2.05) is 6.92 Å². The van der Waals surface area contributed by atoms with Crippen LogP contribution in [0.5, 0.6) is 0 Å². The minimum absolute atomic E-state index is 0.0743. The van der Waals surface area contributed by atoms with E-state index < -0.39 is 11.6 Å². The quantitative estimate of drug-likeness (QED) is 0.545. The van der Waals surface area contributed by atoms with Crippen LogP contribution in [0.2, 0.25) is 0 Å². The van der Waals surface area contributed by atoms with Crippen LogP contribution in [0.3, 0.4) is 0 Å². The Morgan fingerprint density at radius 1 is 1.40 bits per heavy atom. The number of likely N-dealkylation sites (N-methyl/N-ethyl adjacent to an activating group) is 1. The zero-order chi connectivity index (χ0) is 12.1. The molecule has 1 amide bonds. The van der Waals surface area contributed by atoms with E-state index in [1.54, 1.807) is 21.0 Å². The van der Waals surface area contributed by atoms with Crippen LogP contribution >= 0.6 is 0 Å². The molecule has 5 heteroatoms. The fraction of sp³-hybridized carbons (Fsp3) is 0.900. The number of hydrogen-bond acceptors (Lipinski definition) is 4. The van der Waals surface area contributed by atoms with Crippen LogP contribution < -0.4 is 5.32 Å². The monoisotopic (exact) mass is 218 g/mol. The standard InChI is InChI=1S/C10H22N2O3/c1-5-10(6-13,7-14)11-8(2)9(15)12(3)4/h8,11,13-14H,5-7H2,1-4H3. The fourth-order valence-electron chi connectivity index (χ4n) is 1.38. The van der Waals surface area contributed by atoms with Crippen molar-refractivity contribution in [1.82, 2.24) is 10.2 Å². The number of nitrogens with zero attached hydrogens (tertiary/aromatic N) is 1. The molecule has 0 aromatic heterocycles. The lowest BCUT2D eigenvalue weighted by Crippen LogP contribution is -2.58. The number of hydrogen-bond donors (Lipinski definition) is 3. The van der Waals surface area contributed by atoms with E-state index in [1.165, 1.54) is 4.90 Å². The van der Waals surface area contributed by atoms with Gasteiger partial charge in [0.25, 0.3) is 0 Å². The molecule has 0 rings (SSSR count). The molecule has 0 fully saturated rings. The van der Waals surface area contributed by atoms with Gasteiger partial charge in [0.2, 0.25) is 5.91 Å². The van der Waals surface area contributed by atoms with Gasteiger partial charge in [-0.15, -0.1) is 0 Å². The lowest BCUT2D eigenvalue weighted by atomic mass is 9.97. The van der Waals surface area contributed by atoms with Gasteiger partial charge in [-0.1, -0.05) is 6.92 Å². The van der Waals surface area contributed by atoms with Gasteiger partial charge in [-0.3, -0.25) is 10.1 Å². The summed E-state index contributed by atoms with van der Waals surface area (Å²) in [5.74, 6) is -0.0743. The van der Waals surface area contributed by atoms with Crippen LogP contribution in [-0.4, -0.2) is 59.9 Å². The molecule has 0 aliphatic rings. The molecule has 0 heterocycles. The Morgan fingerprint density at radius 3 is 2.13 bits per heavy atom. The molecule has 0 bridgehead atoms. The summed E-state index contributed by atoms with van der Waals surface area (Å²) in [4.78, 5) is 13.0. The number of carbonyl (C=O) groups is 1. The second-order valence-corrected chi connectivity index (χ2v) is 4.05. The van der Waals surface area contributed by atoms with Crippen molar-refractivity contribution in [2.24, 2.45) is 0 Å². The maximum absolute atomic E-state index is 11.6. The number of aliphatic hydroxyl groups excluding tert-OH is 2. The molecule has 3 N–H and O–H groups in total. The Kier molecular flexibility index (Phi) is 5.79. The van der Waals surface area contributed by atoms with Gasteiger partial charge in [0, 0.05) is 14.1 Å². The zero-order valence-electron chi connectivity index (χ0n) is 9.95. The molecule has 1 unspecified atom stereocenters. The molecule has 0 saturated heterocycles. The van der Waals surface area contributed by atoms with Gasteiger partial charge in [0.15, 0.2) is 0 Å². The first kappa shape index (κ1) is 14.3. The van der Waals surface area contributed by atoms with Crippen molar-refractivity contribution in [3.8, 4) is 0 Å². The third-order valence-corrected chi connectivity index (χ3v) is 2.62. The van der Waals surface area contributed by atoms with Crippen molar-refractivity contribution in [3.63, 3.8) is 0 Å². The molecular weight excluding hydrogens is 196 g/mol. The molecule has 0 aromatic carbocycles. The third kappa shape index (κ3) is 3.77. The van der Waals surface area contributed by atoms with Gasteiger partial charge in [-0.05, 0) is 13.3 Å². The molecule has 0 aliphatic carbocycles. The molecule has 0 radical (unpaired) electrons. The smallest absolute Gasteiger partial charge is 0.238 e. The number of aliphatic hydroxyl groups is 2. The topological polar surface area (TPSA) is 72.8 Å². The first-order valence-corrected chi connectivity index (χ1v) is 5.13. The molecule has 0 saturated carbocycles. The van der Waals surface area contributed by atoms with Crippen LogP contribution in [0, 0.1) is 0 Å². The maximum atomic E-state index is 11.6. The first-order valence-electron chi connectivity index (χ1n) is 5.13. The largest absolute Gasteiger partial charge is 0.394 e. The summed E-state index contributed by atoms with van der Waals surface area (Å²) in [7, 11) is 3.35. The Hall–Kier alpha value is -0.650. The van der Waals surface area contributed by atoms with Gasteiger partial charge < -0.3 is 15.1 Å². The number of carbonyl (C=O) groups excluding carboxylic acids is 1. The van der Waals surface area contributed by atoms with Crippen LogP contribution in [0.25, 0.3) is 0 Å². The van der Waals surface area contributed by atoms with E-state index >= 15 is 0 Å². The van der Waals surface area contributed by atoms with Gasteiger partial charge >= 0.3 is 0 Å². The summed E-state index contributed by atoms with van der Waals surface area (Å²) in [6, 6.07) is -0.417. The van der Waals surface area contributed by atoms with Crippen molar-refractivity contribution in [1.29, 1.82) is 0 Å². The SMILES string of the molecule is CCC(CO)(CO)NC(C)C(=O)N(C)C. The molecule has 90 valence electrons. The zero-order valence-corrected chi connectivity index (χ0v) is 9.95. The minimum Gasteiger partial charge on any atom is -0.394 e. The molecule has 1 atom stereocenters. The van der Waals surface area contributed by atoms with Gasteiger partial charge in [-0.25, -0.2) is 0 Å². The third-order valence-electron chi connectivity index (χ3n) is 2.62. The summed E-state index contributed by atoms with van der Waals surface area (Å²) in [5.41, 5.74) is -0.773. The summed E-state index contributed by atoms with van der Waals surface area (Å²) in [6.07, 6.45) is 0.561. The van der Waals surface area contributed by atoms with E-state index in [9.17, 15) is 15.0 Å². The Bertz CT molecular complexity index is 195. The molecule has 5 nitrogen and oxygen atoms in total. The van der Waals surface area contributed by atoms with Crippen LogP contribution in [0.1, 0.15) is 20.3 Å². The van der Waals surface area contributed by atoms with Crippen molar-refractivity contribution in [3.05, 3.63) is 0 Å². The summed E-state index contributed by atoms with van der Waals surface area (Å²) < 4.78 is 0. The van der Waals surface area contributed by atoms with Crippen molar-refractivity contribution >= 4 is 5.91 Å². The number of rotatable bonds is 6.